The molecule has 6 heteroatoms. The summed E-state index contributed by atoms with van der Waals surface area (Å²) in [5.74, 6) is -0.540. The summed E-state index contributed by atoms with van der Waals surface area (Å²) in [5.41, 5.74) is -0.787. The number of ether oxygens (including phenoxy) is 1. The Morgan fingerprint density at radius 1 is 1.29 bits per heavy atom. The maximum Gasteiger partial charge on any atom is 0.344 e. The van der Waals surface area contributed by atoms with E-state index in [2.05, 4.69) is 15.9 Å². The van der Waals surface area contributed by atoms with Crippen molar-refractivity contribution in [3.05, 3.63) is 34.3 Å². The van der Waals surface area contributed by atoms with Crippen LogP contribution in [0.3, 0.4) is 0 Å². The average Bonchev–Trinajstić information content (AvgIpc) is 2.56. The minimum absolute atomic E-state index is 0.0501. The van der Waals surface area contributed by atoms with Gasteiger partial charge in [0.1, 0.15) is 13.1 Å². The van der Waals surface area contributed by atoms with Crippen molar-refractivity contribution in [3.63, 3.8) is 0 Å². The lowest BCUT2D eigenvalue weighted by Gasteiger charge is -2.54. The highest BCUT2D eigenvalue weighted by Crippen LogP contribution is 2.41. The number of ketones is 1. The van der Waals surface area contributed by atoms with Crippen LogP contribution < -0.4 is 0 Å². The van der Waals surface area contributed by atoms with Gasteiger partial charge in [0, 0.05) is 28.8 Å². The van der Waals surface area contributed by atoms with Gasteiger partial charge in [0.25, 0.3) is 0 Å². The normalized spacial score (nSPS) is 31.7. The first kappa shape index (κ1) is 17.6. The van der Waals surface area contributed by atoms with Crippen molar-refractivity contribution >= 4 is 27.7 Å². The number of aliphatic hydroxyl groups is 1. The van der Waals surface area contributed by atoms with Crippen molar-refractivity contribution in [1.29, 1.82) is 0 Å². The first-order valence-electron chi connectivity index (χ1n) is 8.42. The van der Waals surface area contributed by atoms with Crippen LogP contribution in [0.5, 0.6) is 0 Å². The van der Waals surface area contributed by atoms with E-state index in [1.54, 1.807) is 19.1 Å². The Morgan fingerprint density at radius 3 is 2.50 bits per heavy atom. The number of quaternary nitrogens is 1. The third kappa shape index (κ3) is 3.15. The fourth-order valence-corrected chi connectivity index (χ4v) is 4.39. The molecule has 4 rings (SSSR count). The summed E-state index contributed by atoms with van der Waals surface area (Å²) in [6.07, 6.45) is 1.51. The van der Waals surface area contributed by atoms with Gasteiger partial charge in [-0.2, -0.15) is 0 Å². The molecule has 2 bridgehead atoms. The van der Waals surface area contributed by atoms with Crippen molar-refractivity contribution in [2.45, 2.75) is 25.4 Å². The van der Waals surface area contributed by atoms with Gasteiger partial charge in [0.15, 0.2) is 0 Å². The maximum absolute atomic E-state index is 12.7. The highest BCUT2D eigenvalue weighted by molar-refractivity contribution is 9.10. The van der Waals surface area contributed by atoms with Crippen LogP contribution in [0.4, 0.5) is 0 Å². The van der Waals surface area contributed by atoms with E-state index < -0.39 is 11.6 Å². The monoisotopic (exact) mass is 396 g/mol. The van der Waals surface area contributed by atoms with Crippen LogP contribution in [0.15, 0.2) is 28.7 Å². The smallest absolute Gasteiger partial charge is 0.344 e. The van der Waals surface area contributed by atoms with Crippen molar-refractivity contribution in [1.82, 2.24) is 0 Å². The Bertz CT molecular complexity index is 637. The molecule has 3 aliphatic rings. The predicted molar refractivity (Wildman–Crippen MR) is 92.5 cm³/mol. The largest absolute Gasteiger partial charge is 0.464 e. The molecule has 1 aromatic rings. The number of hydrogen-bond donors (Lipinski definition) is 1. The number of halogens is 1. The third-order valence-electron chi connectivity index (χ3n) is 5.43. The number of Topliss-reactive ketones (excluding diaryl/α,β-unsaturated/α-hetero) is 1. The second-order valence-electron chi connectivity index (χ2n) is 6.95. The Kier molecular flexibility index (Phi) is 4.82. The van der Waals surface area contributed by atoms with Crippen LogP contribution in [0.2, 0.25) is 0 Å². The van der Waals surface area contributed by atoms with Gasteiger partial charge >= 0.3 is 5.97 Å². The van der Waals surface area contributed by atoms with Gasteiger partial charge in [-0.05, 0) is 19.1 Å². The lowest BCUT2D eigenvalue weighted by Crippen LogP contribution is -2.72. The highest BCUT2D eigenvalue weighted by atomic mass is 79.9. The van der Waals surface area contributed by atoms with Gasteiger partial charge in [-0.25, -0.2) is 4.79 Å². The van der Waals surface area contributed by atoms with Crippen LogP contribution in [-0.4, -0.2) is 59.7 Å². The van der Waals surface area contributed by atoms with E-state index in [-0.39, 0.29) is 24.9 Å². The lowest BCUT2D eigenvalue weighted by atomic mass is 9.73. The van der Waals surface area contributed by atoms with Crippen LogP contribution in [-0.2, 0) is 9.53 Å². The molecular formula is C18H23BrNO4+. The zero-order valence-electron chi connectivity index (χ0n) is 13.8. The highest BCUT2D eigenvalue weighted by Gasteiger charge is 2.59. The average molecular weight is 397 g/mol. The maximum atomic E-state index is 12.7. The molecule has 0 unspecified atom stereocenters. The summed E-state index contributed by atoms with van der Waals surface area (Å²) in [7, 11) is 0. The van der Waals surface area contributed by atoms with E-state index in [0.29, 0.717) is 16.6 Å². The minimum atomic E-state index is -1.45. The first-order valence-corrected chi connectivity index (χ1v) is 9.21. The molecule has 3 aliphatic heterocycles. The third-order valence-corrected chi connectivity index (χ3v) is 5.96. The topological polar surface area (TPSA) is 63.6 Å². The zero-order valence-corrected chi connectivity index (χ0v) is 15.4. The van der Waals surface area contributed by atoms with E-state index in [0.717, 1.165) is 30.4 Å². The second-order valence-corrected chi connectivity index (χ2v) is 7.87. The van der Waals surface area contributed by atoms with Gasteiger partial charge in [0.2, 0.25) is 11.4 Å². The quantitative estimate of drug-likeness (QED) is 0.470. The minimum Gasteiger partial charge on any atom is -0.464 e. The standard InChI is InChI=1S/C18H23BrNO4/c1-2-24-17(22)18(23)12-20(9-7-14(18)8-10-20)11-16(21)13-3-5-15(19)6-4-13/h3-6,14,23H,2,7-12H2,1H3/q+1/t14?,18-,20?/m1/s1. The molecule has 1 N–H and O–H groups in total. The number of esters is 1. The molecule has 1 aromatic carbocycles. The molecule has 0 spiro atoms. The zero-order chi connectivity index (χ0) is 17.4. The summed E-state index contributed by atoms with van der Waals surface area (Å²) in [6, 6.07) is 7.31. The number of hydrogen-bond acceptors (Lipinski definition) is 4. The molecule has 0 aromatic heterocycles. The summed E-state index contributed by atoms with van der Waals surface area (Å²) in [4.78, 5) is 25.0. The number of piperidine rings is 3. The molecule has 0 amide bonds. The Balaban J connectivity index is 1.78. The molecule has 130 valence electrons. The number of fused-ring (bicyclic) bond motifs is 3. The van der Waals surface area contributed by atoms with E-state index in [1.165, 1.54) is 0 Å². The van der Waals surface area contributed by atoms with E-state index in [4.69, 9.17) is 4.74 Å². The number of carbonyl (C=O) groups excluding carboxylic acids is 2. The van der Waals surface area contributed by atoms with Gasteiger partial charge in [-0.1, -0.05) is 28.1 Å². The SMILES string of the molecule is CCOC(=O)[C@@]1(O)C[N+]2(CC(=O)c3ccc(Br)cc3)CCC1CC2. The Labute approximate surface area is 150 Å². The summed E-state index contributed by atoms with van der Waals surface area (Å²) < 4.78 is 6.50. The van der Waals surface area contributed by atoms with Gasteiger partial charge in [0.05, 0.1) is 19.7 Å². The van der Waals surface area contributed by atoms with Crippen molar-refractivity contribution in [3.8, 4) is 0 Å². The number of carbonyl (C=O) groups is 2. The van der Waals surface area contributed by atoms with Crippen molar-refractivity contribution in [2.24, 2.45) is 5.92 Å². The van der Waals surface area contributed by atoms with E-state index in [9.17, 15) is 14.7 Å². The van der Waals surface area contributed by atoms with Crippen LogP contribution in [0, 0.1) is 5.92 Å². The fourth-order valence-electron chi connectivity index (χ4n) is 4.12. The molecule has 0 saturated carbocycles. The first-order chi connectivity index (χ1) is 11.4. The molecule has 0 radical (unpaired) electrons. The van der Waals surface area contributed by atoms with Crippen LogP contribution >= 0.6 is 15.9 Å². The Hall–Kier alpha value is -1.24. The van der Waals surface area contributed by atoms with Gasteiger partial charge in [-0.15, -0.1) is 0 Å². The van der Waals surface area contributed by atoms with Crippen molar-refractivity contribution in [2.75, 3.05) is 32.8 Å². The predicted octanol–water partition coefficient (Wildman–Crippen LogP) is 2.17. The second kappa shape index (κ2) is 6.58. The number of benzene rings is 1. The summed E-state index contributed by atoms with van der Waals surface area (Å²) in [5, 5.41) is 10.9. The molecule has 3 fully saturated rings. The summed E-state index contributed by atoms with van der Waals surface area (Å²) >= 11 is 3.37. The number of rotatable bonds is 5. The Morgan fingerprint density at radius 2 is 1.92 bits per heavy atom. The number of nitrogens with zero attached hydrogens (tertiary/aromatic N) is 1. The molecule has 3 heterocycles. The molecule has 24 heavy (non-hydrogen) atoms. The van der Waals surface area contributed by atoms with Crippen LogP contribution in [0.1, 0.15) is 30.1 Å². The van der Waals surface area contributed by atoms with Crippen LogP contribution in [0.25, 0.3) is 0 Å². The molecule has 3 saturated heterocycles. The van der Waals surface area contributed by atoms with Gasteiger partial charge in [-0.3, -0.25) is 4.79 Å². The molecule has 0 aliphatic carbocycles. The summed E-state index contributed by atoms with van der Waals surface area (Å²) in [6.45, 7) is 4.24. The van der Waals surface area contributed by atoms with Gasteiger partial charge < -0.3 is 14.3 Å². The molecule has 1 atom stereocenters. The van der Waals surface area contributed by atoms with Crippen molar-refractivity contribution < 1.29 is 23.9 Å². The fraction of sp³-hybridized carbons (Fsp3) is 0.556. The molecular weight excluding hydrogens is 374 g/mol. The molecule has 5 nitrogen and oxygen atoms in total. The van der Waals surface area contributed by atoms with E-state index >= 15 is 0 Å². The lowest BCUT2D eigenvalue weighted by molar-refractivity contribution is -0.941. The van der Waals surface area contributed by atoms with E-state index in [1.807, 2.05) is 12.1 Å².